The second-order valence-corrected chi connectivity index (χ2v) is 3.82. The Kier molecular flexibility index (Phi) is 3.70. The summed E-state index contributed by atoms with van der Waals surface area (Å²) in [7, 11) is 0. The first-order valence-electron chi connectivity index (χ1n) is 4.18. The fourth-order valence-corrected chi connectivity index (χ4v) is 1.35. The summed E-state index contributed by atoms with van der Waals surface area (Å²) in [6.07, 6.45) is 0.894. The maximum absolute atomic E-state index is 11.2. The van der Waals surface area contributed by atoms with Gasteiger partial charge in [-0.25, -0.2) is 4.79 Å². The Morgan fingerprint density at radius 1 is 1.43 bits per heavy atom. The number of aryl methyl sites for hydroxylation is 1. The van der Waals surface area contributed by atoms with Gasteiger partial charge >= 0.3 is 11.9 Å². The van der Waals surface area contributed by atoms with Crippen molar-refractivity contribution in [2.45, 2.75) is 26.7 Å². The molecule has 0 N–H and O–H groups in total. The Bertz CT molecular complexity index is 348. The standard InChI is InChI=1S/C8H10N2O3S/c1-3-4-6(11)13-8(12)7-10-9-5(2)14-7/h3-4H2,1-2H3. The molecule has 1 aromatic heterocycles. The van der Waals surface area contributed by atoms with Crippen LogP contribution in [-0.4, -0.2) is 22.1 Å². The van der Waals surface area contributed by atoms with Crippen molar-refractivity contribution in [1.29, 1.82) is 0 Å². The summed E-state index contributed by atoms with van der Waals surface area (Å²) in [5.41, 5.74) is 0. The van der Waals surface area contributed by atoms with Crippen LogP contribution in [0, 0.1) is 6.92 Å². The molecule has 1 rings (SSSR count). The lowest BCUT2D eigenvalue weighted by Crippen LogP contribution is -2.11. The van der Waals surface area contributed by atoms with E-state index in [1.165, 1.54) is 0 Å². The number of rotatable bonds is 3. The molecule has 5 nitrogen and oxygen atoms in total. The number of hydrogen-bond donors (Lipinski definition) is 0. The molecule has 6 heteroatoms. The van der Waals surface area contributed by atoms with Crippen molar-refractivity contribution < 1.29 is 14.3 Å². The largest absolute Gasteiger partial charge is 0.388 e. The molecule has 14 heavy (non-hydrogen) atoms. The maximum atomic E-state index is 11.2. The van der Waals surface area contributed by atoms with Crippen molar-refractivity contribution in [3.63, 3.8) is 0 Å². The van der Waals surface area contributed by atoms with Gasteiger partial charge in [-0.05, 0) is 13.3 Å². The van der Waals surface area contributed by atoms with Crippen LogP contribution in [0.25, 0.3) is 0 Å². The van der Waals surface area contributed by atoms with Crippen LogP contribution in [0.15, 0.2) is 0 Å². The number of nitrogens with zero attached hydrogens (tertiary/aromatic N) is 2. The summed E-state index contributed by atoms with van der Waals surface area (Å²) in [4.78, 5) is 22.2. The molecule has 0 aliphatic carbocycles. The summed E-state index contributed by atoms with van der Waals surface area (Å²) >= 11 is 1.11. The van der Waals surface area contributed by atoms with E-state index in [1.807, 2.05) is 6.92 Å². The van der Waals surface area contributed by atoms with Crippen molar-refractivity contribution in [3.05, 3.63) is 10.0 Å². The quantitative estimate of drug-likeness (QED) is 0.560. The number of aromatic nitrogens is 2. The van der Waals surface area contributed by atoms with Gasteiger partial charge in [0, 0.05) is 6.42 Å². The minimum absolute atomic E-state index is 0.118. The zero-order valence-corrected chi connectivity index (χ0v) is 8.76. The van der Waals surface area contributed by atoms with Gasteiger partial charge in [0.1, 0.15) is 5.01 Å². The first-order chi connectivity index (χ1) is 6.63. The van der Waals surface area contributed by atoms with E-state index < -0.39 is 11.9 Å². The van der Waals surface area contributed by atoms with E-state index in [0.29, 0.717) is 11.4 Å². The lowest BCUT2D eigenvalue weighted by Gasteiger charge is -1.97. The van der Waals surface area contributed by atoms with Gasteiger partial charge in [-0.2, -0.15) is 0 Å². The second-order valence-electron chi connectivity index (χ2n) is 2.64. The molecule has 0 spiro atoms. The van der Waals surface area contributed by atoms with Crippen LogP contribution in [0.3, 0.4) is 0 Å². The van der Waals surface area contributed by atoms with Crippen molar-refractivity contribution in [3.8, 4) is 0 Å². The molecule has 0 aromatic carbocycles. The second kappa shape index (κ2) is 4.80. The predicted molar refractivity (Wildman–Crippen MR) is 50.0 cm³/mol. The fourth-order valence-electron chi connectivity index (χ4n) is 0.781. The van der Waals surface area contributed by atoms with Crippen LogP contribution < -0.4 is 0 Å². The minimum atomic E-state index is -0.714. The highest BCUT2D eigenvalue weighted by atomic mass is 32.1. The normalized spacial score (nSPS) is 9.86. The van der Waals surface area contributed by atoms with Crippen molar-refractivity contribution in [2.75, 3.05) is 0 Å². The molecule has 1 aromatic rings. The highest BCUT2D eigenvalue weighted by Gasteiger charge is 2.16. The molecule has 0 atom stereocenters. The topological polar surface area (TPSA) is 69.2 Å². The number of carbonyl (C=O) groups is 2. The predicted octanol–water partition coefficient (Wildman–Crippen LogP) is 1.33. The molecule has 0 fully saturated rings. The van der Waals surface area contributed by atoms with Gasteiger partial charge in [0.2, 0.25) is 5.01 Å². The maximum Gasteiger partial charge on any atom is 0.377 e. The Labute approximate surface area is 85.1 Å². The summed E-state index contributed by atoms with van der Waals surface area (Å²) < 4.78 is 4.52. The number of carbonyl (C=O) groups excluding carboxylic acids is 2. The Morgan fingerprint density at radius 3 is 2.64 bits per heavy atom. The molecule has 0 aliphatic heterocycles. The molecular formula is C8H10N2O3S. The van der Waals surface area contributed by atoms with Crippen LogP contribution in [0.4, 0.5) is 0 Å². The molecule has 0 bridgehead atoms. The van der Waals surface area contributed by atoms with E-state index in [2.05, 4.69) is 14.9 Å². The van der Waals surface area contributed by atoms with Gasteiger partial charge in [0.05, 0.1) is 0 Å². The first kappa shape index (κ1) is 10.8. The van der Waals surface area contributed by atoms with Gasteiger partial charge in [0.25, 0.3) is 0 Å². The number of ether oxygens (including phenoxy) is 1. The number of esters is 2. The van der Waals surface area contributed by atoms with E-state index in [1.54, 1.807) is 6.92 Å². The molecule has 0 radical (unpaired) electrons. The lowest BCUT2D eigenvalue weighted by atomic mass is 10.3. The SMILES string of the molecule is CCCC(=O)OC(=O)c1nnc(C)s1. The van der Waals surface area contributed by atoms with Crippen LogP contribution in [-0.2, 0) is 9.53 Å². The van der Waals surface area contributed by atoms with Crippen LogP contribution in [0.5, 0.6) is 0 Å². The monoisotopic (exact) mass is 214 g/mol. The molecule has 0 aliphatic rings. The average Bonchev–Trinajstić information content (AvgIpc) is 2.52. The summed E-state index contributed by atoms with van der Waals surface area (Å²) in [6, 6.07) is 0. The van der Waals surface area contributed by atoms with E-state index in [4.69, 9.17) is 0 Å². The van der Waals surface area contributed by atoms with Crippen molar-refractivity contribution in [2.24, 2.45) is 0 Å². The minimum Gasteiger partial charge on any atom is -0.388 e. The van der Waals surface area contributed by atoms with E-state index in [9.17, 15) is 9.59 Å². The van der Waals surface area contributed by atoms with Crippen LogP contribution >= 0.6 is 11.3 Å². The van der Waals surface area contributed by atoms with Gasteiger partial charge in [0.15, 0.2) is 0 Å². The molecule has 0 saturated carbocycles. The summed E-state index contributed by atoms with van der Waals surface area (Å²) in [6.45, 7) is 3.56. The van der Waals surface area contributed by atoms with Gasteiger partial charge < -0.3 is 4.74 Å². The van der Waals surface area contributed by atoms with Gasteiger partial charge in [-0.3, -0.25) is 4.79 Å². The third-order valence-corrected chi connectivity index (χ3v) is 2.18. The molecular weight excluding hydrogens is 204 g/mol. The Balaban J connectivity index is 2.55. The van der Waals surface area contributed by atoms with Gasteiger partial charge in [-0.1, -0.05) is 18.3 Å². The fraction of sp³-hybridized carbons (Fsp3) is 0.500. The highest BCUT2D eigenvalue weighted by Crippen LogP contribution is 2.09. The van der Waals surface area contributed by atoms with Crippen molar-refractivity contribution >= 4 is 23.3 Å². The molecule has 76 valence electrons. The summed E-state index contributed by atoms with van der Waals surface area (Å²) in [5, 5.41) is 8.00. The third-order valence-electron chi connectivity index (χ3n) is 1.36. The Morgan fingerprint density at radius 2 is 2.14 bits per heavy atom. The molecule has 1 heterocycles. The van der Waals surface area contributed by atoms with Crippen LogP contribution in [0.2, 0.25) is 0 Å². The van der Waals surface area contributed by atoms with E-state index >= 15 is 0 Å². The zero-order chi connectivity index (χ0) is 10.6. The third kappa shape index (κ3) is 2.88. The summed E-state index contributed by atoms with van der Waals surface area (Å²) in [5.74, 6) is -1.24. The van der Waals surface area contributed by atoms with Crippen LogP contribution in [0.1, 0.15) is 34.6 Å². The number of hydrogen-bond acceptors (Lipinski definition) is 6. The van der Waals surface area contributed by atoms with Gasteiger partial charge in [-0.15, -0.1) is 10.2 Å². The molecule has 0 unspecified atom stereocenters. The highest BCUT2D eigenvalue weighted by molar-refractivity contribution is 7.13. The zero-order valence-electron chi connectivity index (χ0n) is 7.94. The smallest absolute Gasteiger partial charge is 0.377 e. The molecule has 0 saturated heterocycles. The van der Waals surface area contributed by atoms with E-state index in [-0.39, 0.29) is 11.4 Å². The Hall–Kier alpha value is -1.30. The first-order valence-corrected chi connectivity index (χ1v) is 5.00. The van der Waals surface area contributed by atoms with Crippen molar-refractivity contribution in [1.82, 2.24) is 10.2 Å². The lowest BCUT2D eigenvalue weighted by molar-refractivity contribution is -0.137. The average molecular weight is 214 g/mol. The van der Waals surface area contributed by atoms with E-state index in [0.717, 1.165) is 11.3 Å². The molecule has 0 amide bonds.